The lowest BCUT2D eigenvalue weighted by atomic mass is 9.75. The number of benzene rings is 1. The van der Waals surface area contributed by atoms with Crippen molar-refractivity contribution in [1.29, 1.82) is 0 Å². The zero-order valence-electron chi connectivity index (χ0n) is 20.1. The smallest absolute Gasteiger partial charge is 0.325 e. The van der Waals surface area contributed by atoms with Crippen molar-refractivity contribution >= 4 is 17.8 Å². The number of nitrogens with one attached hydrogen (secondary N) is 1. The van der Waals surface area contributed by atoms with Gasteiger partial charge in [0.25, 0.3) is 5.91 Å². The zero-order chi connectivity index (χ0) is 24.4. The van der Waals surface area contributed by atoms with Crippen molar-refractivity contribution in [2.45, 2.75) is 50.7 Å². The number of hydrogen-bond donors (Lipinski definition) is 1. The number of amides is 4. The highest BCUT2D eigenvalue weighted by molar-refractivity contribution is 6.07. The SMILES string of the molecule is Cc1ccccc1CC(=O)N1CCC([C@@]2(c3ccccn3)NC(=O)N(C[C@H]3CCCO3)C2=O)CC1. The summed E-state index contributed by atoms with van der Waals surface area (Å²) in [7, 11) is 0. The normalized spacial score (nSPS) is 25.2. The summed E-state index contributed by atoms with van der Waals surface area (Å²) in [6, 6.07) is 13.0. The Balaban J connectivity index is 1.34. The van der Waals surface area contributed by atoms with Gasteiger partial charge in [0.2, 0.25) is 5.91 Å². The summed E-state index contributed by atoms with van der Waals surface area (Å²) < 4.78 is 5.69. The van der Waals surface area contributed by atoms with E-state index in [-0.39, 0.29) is 30.4 Å². The molecule has 2 aromatic rings. The molecule has 184 valence electrons. The van der Waals surface area contributed by atoms with Gasteiger partial charge in [-0.15, -0.1) is 0 Å². The molecule has 8 nitrogen and oxygen atoms in total. The van der Waals surface area contributed by atoms with Crippen LogP contribution in [0.15, 0.2) is 48.7 Å². The van der Waals surface area contributed by atoms with Crippen LogP contribution in [0.5, 0.6) is 0 Å². The van der Waals surface area contributed by atoms with E-state index in [9.17, 15) is 14.4 Å². The molecule has 1 N–H and O–H groups in total. The van der Waals surface area contributed by atoms with Gasteiger partial charge in [0, 0.05) is 31.8 Å². The Morgan fingerprint density at radius 2 is 1.89 bits per heavy atom. The first kappa shape index (κ1) is 23.5. The fraction of sp³-hybridized carbons (Fsp3) is 0.481. The molecule has 5 rings (SSSR count). The van der Waals surface area contributed by atoms with Gasteiger partial charge in [-0.2, -0.15) is 0 Å². The maximum atomic E-state index is 13.9. The fourth-order valence-electron chi connectivity index (χ4n) is 5.65. The van der Waals surface area contributed by atoms with Crippen LogP contribution in [0.2, 0.25) is 0 Å². The quantitative estimate of drug-likeness (QED) is 0.648. The molecule has 1 aromatic heterocycles. The predicted octanol–water partition coefficient (Wildman–Crippen LogP) is 2.80. The number of piperidine rings is 1. The molecule has 0 bridgehead atoms. The number of aromatic nitrogens is 1. The topological polar surface area (TPSA) is 91.8 Å². The number of imide groups is 1. The largest absolute Gasteiger partial charge is 0.376 e. The number of carbonyl (C=O) groups excluding carboxylic acids is 3. The van der Waals surface area contributed by atoms with Crippen LogP contribution in [0.4, 0.5) is 4.79 Å². The minimum atomic E-state index is -1.22. The lowest BCUT2D eigenvalue weighted by Crippen LogP contribution is -2.55. The van der Waals surface area contributed by atoms with E-state index in [4.69, 9.17) is 4.74 Å². The Hall–Kier alpha value is -3.26. The van der Waals surface area contributed by atoms with Gasteiger partial charge in [-0.1, -0.05) is 30.3 Å². The minimum absolute atomic E-state index is 0.0893. The van der Waals surface area contributed by atoms with Crippen molar-refractivity contribution in [3.63, 3.8) is 0 Å². The first-order valence-corrected chi connectivity index (χ1v) is 12.5. The van der Waals surface area contributed by atoms with E-state index in [1.807, 2.05) is 48.2 Å². The molecule has 0 unspecified atom stereocenters. The maximum Gasteiger partial charge on any atom is 0.325 e. The highest BCUT2D eigenvalue weighted by Gasteiger charge is 2.58. The summed E-state index contributed by atoms with van der Waals surface area (Å²) in [5.74, 6) is -0.335. The van der Waals surface area contributed by atoms with Crippen LogP contribution in [0.25, 0.3) is 0 Å². The molecule has 35 heavy (non-hydrogen) atoms. The molecule has 3 fully saturated rings. The number of nitrogens with zero attached hydrogens (tertiary/aromatic N) is 3. The predicted molar refractivity (Wildman–Crippen MR) is 129 cm³/mol. The van der Waals surface area contributed by atoms with Gasteiger partial charge in [0.1, 0.15) is 0 Å². The number of ether oxygens (including phenoxy) is 1. The molecule has 2 atom stereocenters. The summed E-state index contributed by atoms with van der Waals surface area (Å²) >= 11 is 0. The molecule has 4 amide bonds. The van der Waals surface area contributed by atoms with Gasteiger partial charge in [-0.3, -0.25) is 19.5 Å². The molecule has 0 radical (unpaired) electrons. The van der Waals surface area contributed by atoms with Gasteiger partial charge in [-0.25, -0.2) is 4.79 Å². The molecule has 1 aromatic carbocycles. The number of hydrogen-bond acceptors (Lipinski definition) is 5. The van der Waals surface area contributed by atoms with Crippen LogP contribution >= 0.6 is 0 Å². The zero-order valence-corrected chi connectivity index (χ0v) is 20.1. The third-order valence-electron chi connectivity index (χ3n) is 7.67. The van der Waals surface area contributed by atoms with Crippen LogP contribution in [-0.2, 0) is 26.3 Å². The molecule has 3 saturated heterocycles. The molecule has 8 heteroatoms. The Kier molecular flexibility index (Phi) is 6.56. The maximum absolute atomic E-state index is 13.9. The van der Waals surface area contributed by atoms with E-state index in [2.05, 4.69) is 10.3 Å². The van der Waals surface area contributed by atoms with Crippen LogP contribution < -0.4 is 5.32 Å². The van der Waals surface area contributed by atoms with Crippen molar-refractivity contribution < 1.29 is 19.1 Å². The van der Waals surface area contributed by atoms with E-state index in [1.54, 1.807) is 12.3 Å². The Bertz CT molecular complexity index is 1090. The summed E-state index contributed by atoms with van der Waals surface area (Å²) in [4.78, 5) is 47.6. The monoisotopic (exact) mass is 476 g/mol. The first-order chi connectivity index (χ1) is 17.0. The van der Waals surface area contributed by atoms with Crippen molar-refractivity contribution in [3.05, 3.63) is 65.5 Å². The number of carbonyl (C=O) groups is 3. The molecular weight excluding hydrogens is 444 g/mol. The second-order valence-corrected chi connectivity index (χ2v) is 9.76. The highest BCUT2D eigenvalue weighted by Crippen LogP contribution is 2.41. The molecular formula is C27H32N4O4. The van der Waals surface area contributed by atoms with E-state index >= 15 is 0 Å². The standard InChI is InChI=1S/C27H32N4O4/c1-19-7-2-3-8-20(19)17-24(32)30-14-11-21(12-15-30)27(23-10-4-5-13-28-23)25(33)31(26(34)29-27)18-22-9-6-16-35-22/h2-5,7-8,10,13,21-22H,6,9,11-12,14-18H2,1H3,(H,29,34)/t22-,27+/m1/s1. The highest BCUT2D eigenvalue weighted by atomic mass is 16.5. The van der Waals surface area contributed by atoms with Crippen molar-refractivity contribution in [2.75, 3.05) is 26.2 Å². The lowest BCUT2D eigenvalue weighted by Gasteiger charge is -2.40. The number of rotatable bonds is 6. The number of aryl methyl sites for hydroxylation is 1. The fourth-order valence-corrected chi connectivity index (χ4v) is 5.65. The minimum Gasteiger partial charge on any atom is -0.376 e. The van der Waals surface area contributed by atoms with E-state index in [1.165, 1.54) is 4.90 Å². The Labute approximate surface area is 205 Å². The third-order valence-corrected chi connectivity index (χ3v) is 7.67. The van der Waals surface area contributed by atoms with Gasteiger partial charge < -0.3 is 15.0 Å². The van der Waals surface area contributed by atoms with Gasteiger partial charge in [-0.05, 0) is 55.9 Å². The van der Waals surface area contributed by atoms with Crippen molar-refractivity contribution in [3.8, 4) is 0 Å². The van der Waals surface area contributed by atoms with Crippen LogP contribution in [0.3, 0.4) is 0 Å². The van der Waals surface area contributed by atoms with Crippen LogP contribution in [-0.4, -0.2) is 65.0 Å². The second kappa shape index (κ2) is 9.77. The van der Waals surface area contributed by atoms with Gasteiger partial charge >= 0.3 is 6.03 Å². The van der Waals surface area contributed by atoms with Gasteiger partial charge in [0.15, 0.2) is 5.54 Å². The number of pyridine rings is 1. The molecule has 3 aliphatic rings. The Morgan fingerprint density at radius 3 is 2.57 bits per heavy atom. The van der Waals surface area contributed by atoms with E-state index in [0.717, 1.165) is 24.0 Å². The van der Waals surface area contributed by atoms with E-state index < -0.39 is 11.6 Å². The number of urea groups is 1. The molecule has 0 aliphatic carbocycles. The average molecular weight is 477 g/mol. The third kappa shape index (κ3) is 4.43. The number of likely N-dealkylation sites (tertiary alicyclic amines) is 1. The van der Waals surface area contributed by atoms with Crippen molar-refractivity contribution in [2.24, 2.45) is 5.92 Å². The Morgan fingerprint density at radius 1 is 1.11 bits per heavy atom. The lowest BCUT2D eigenvalue weighted by molar-refractivity contribution is -0.137. The summed E-state index contributed by atoms with van der Waals surface area (Å²) in [6.45, 7) is 4.02. The molecule has 0 saturated carbocycles. The molecule has 0 spiro atoms. The summed E-state index contributed by atoms with van der Waals surface area (Å²) in [6.07, 6.45) is 4.90. The second-order valence-electron chi connectivity index (χ2n) is 9.76. The first-order valence-electron chi connectivity index (χ1n) is 12.5. The average Bonchev–Trinajstić information content (AvgIpc) is 3.49. The molecule has 3 aliphatic heterocycles. The summed E-state index contributed by atoms with van der Waals surface area (Å²) in [5.41, 5.74) is 1.48. The summed E-state index contributed by atoms with van der Waals surface area (Å²) in [5, 5.41) is 3.03. The van der Waals surface area contributed by atoms with Gasteiger partial charge in [0.05, 0.1) is 24.8 Å². The molecule has 4 heterocycles. The van der Waals surface area contributed by atoms with Crippen molar-refractivity contribution in [1.82, 2.24) is 20.1 Å². The van der Waals surface area contributed by atoms with E-state index in [0.29, 0.717) is 44.7 Å². The van der Waals surface area contributed by atoms with Crippen LogP contribution in [0.1, 0.15) is 42.5 Å². The van der Waals surface area contributed by atoms with Crippen LogP contribution in [0, 0.1) is 12.8 Å².